The molecule has 0 bridgehead atoms. The lowest BCUT2D eigenvalue weighted by Gasteiger charge is -2.18. The Morgan fingerprint density at radius 3 is 2.93 bits per heavy atom. The van der Waals surface area contributed by atoms with Crippen LogP contribution in [0.25, 0.3) is 0 Å². The van der Waals surface area contributed by atoms with E-state index in [0.29, 0.717) is 16.3 Å². The summed E-state index contributed by atoms with van der Waals surface area (Å²) < 4.78 is 12.8. The molecule has 1 fully saturated rings. The Bertz CT molecular complexity index is 358. The predicted molar refractivity (Wildman–Crippen MR) is 65.4 cm³/mol. The molecule has 1 heterocycles. The van der Waals surface area contributed by atoms with Gasteiger partial charge in [-0.25, -0.2) is 4.39 Å². The van der Waals surface area contributed by atoms with Crippen LogP contribution in [0.15, 0.2) is 18.2 Å². The Kier molecular flexibility index (Phi) is 3.42. The average Bonchev–Trinajstić information content (AvgIpc) is 2.57. The first-order chi connectivity index (χ1) is 7.16. The molecule has 1 saturated heterocycles. The summed E-state index contributed by atoms with van der Waals surface area (Å²) in [6.45, 7) is 2.20. The second kappa shape index (κ2) is 4.62. The van der Waals surface area contributed by atoms with E-state index in [2.05, 4.69) is 12.2 Å². The maximum atomic E-state index is 12.8. The van der Waals surface area contributed by atoms with Gasteiger partial charge in [0.15, 0.2) is 0 Å². The third kappa shape index (κ3) is 2.58. The molecule has 4 heteroatoms. The van der Waals surface area contributed by atoms with Crippen LogP contribution in [-0.4, -0.2) is 17.0 Å². The highest BCUT2D eigenvalue weighted by atomic mass is 35.5. The molecule has 0 amide bonds. The molecule has 1 aromatic carbocycles. The average molecular weight is 246 g/mol. The lowest BCUT2D eigenvalue weighted by atomic mass is 10.1. The summed E-state index contributed by atoms with van der Waals surface area (Å²) in [5, 5.41) is 4.41. The van der Waals surface area contributed by atoms with E-state index in [-0.39, 0.29) is 5.82 Å². The van der Waals surface area contributed by atoms with E-state index in [1.807, 2.05) is 11.8 Å². The van der Waals surface area contributed by atoms with E-state index in [9.17, 15) is 4.39 Å². The summed E-state index contributed by atoms with van der Waals surface area (Å²) >= 11 is 7.90. The molecule has 1 aliphatic heterocycles. The van der Waals surface area contributed by atoms with Gasteiger partial charge in [0.1, 0.15) is 5.82 Å². The number of benzene rings is 1. The third-order valence-corrected chi connectivity index (χ3v) is 4.29. The normalized spacial score (nSPS) is 25.5. The Morgan fingerprint density at radius 2 is 2.33 bits per heavy atom. The van der Waals surface area contributed by atoms with Gasteiger partial charge in [-0.2, -0.15) is 11.8 Å². The van der Waals surface area contributed by atoms with Gasteiger partial charge < -0.3 is 5.32 Å². The van der Waals surface area contributed by atoms with Crippen molar-refractivity contribution in [3.05, 3.63) is 29.0 Å². The van der Waals surface area contributed by atoms with Crippen molar-refractivity contribution < 1.29 is 4.39 Å². The van der Waals surface area contributed by atoms with Gasteiger partial charge in [-0.3, -0.25) is 0 Å². The van der Waals surface area contributed by atoms with E-state index >= 15 is 0 Å². The van der Waals surface area contributed by atoms with Crippen LogP contribution in [0.2, 0.25) is 5.02 Å². The molecule has 2 atom stereocenters. The summed E-state index contributed by atoms with van der Waals surface area (Å²) in [6.07, 6.45) is 1.14. The Labute approximate surface area is 98.4 Å². The Morgan fingerprint density at radius 1 is 1.53 bits per heavy atom. The number of anilines is 1. The summed E-state index contributed by atoms with van der Waals surface area (Å²) in [5.74, 6) is 0.886. The van der Waals surface area contributed by atoms with Crippen molar-refractivity contribution in [1.82, 2.24) is 0 Å². The molecule has 0 aromatic heterocycles. The molecule has 1 nitrogen and oxygen atoms in total. The fourth-order valence-corrected chi connectivity index (χ4v) is 3.15. The van der Waals surface area contributed by atoms with Gasteiger partial charge in [0.05, 0.1) is 10.7 Å². The van der Waals surface area contributed by atoms with Crippen LogP contribution in [0.1, 0.15) is 13.3 Å². The van der Waals surface area contributed by atoms with Crippen LogP contribution in [0.4, 0.5) is 10.1 Å². The number of rotatable bonds is 2. The zero-order valence-electron chi connectivity index (χ0n) is 8.47. The van der Waals surface area contributed by atoms with Crippen molar-refractivity contribution in [1.29, 1.82) is 0 Å². The van der Waals surface area contributed by atoms with Gasteiger partial charge in [0, 0.05) is 11.3 Å². The number of hydrogen-bond donors (Lipinski definition) is 1. The van der Waals surface area contributed by atoms with Crippen molar-refractivity contribution in [3.63, 3.8) is 0 Å². The van der Waals surface area contributed by atoms with E-state index in [1.165, 1.54) is 17.9 Å². The molecule has 0 radical (unpaired) electrons. The van der Waals surface area contributed by atoms with E-state index in [0.717, 1.165) is 12.1 Å². The zero-order valence-corrected chi connectivity index (χ0v) is 10.0. The van der Waals surface area contributed by atoms with Crippen molar-refractivity contribution in [2.45, 2.75) is 24.6 Å². The number of hydrogen-bond acceptors (Lipinski definition) is 2. The first-order valence-electron chi connectivity index (χ1n) is 5.00. The fourth-order valence-electron chi connectivity index (χ4n) is 1.73. The van der Waals surface area contributed by atoms with Crippen LogP contribution in [-0.2, 0) is 0 Å². The van der Waals surface area contributed by atoms with Crippen molar-refractivity contribution in [3.8, 4) is 0 Å². The molecule has 1 aliphatic rings. The zero-order chi connectivity index (χ0) is 10.8. The minimum absolute atomic E-state index is 0.292. The van der Waals surface area contributed by atoms with E-state index < -0.39 is 0 Å². The molecule has 0 aliphatic carbocycles. The maximum absolute atomic E-state index is 12.8. The molecule has 0 spiro atoms. The van der Waals surface area contributed by atoms with Crippen LogP contribution in [0.5, 0.6) is 0 Å². The largest absolute Gasteiger partial charge is 0.380 e. The van der Waals surface area contributed by atoms with Crippen molar-refractivity contribution in [2.75, 3.05) is 11.1 Å². The first-order valence-corrected chi connectivity index (χ1v) is 6.42. The Hall–Kier alpha value is -0.410. The highest BCUT2D eigenvalue weighted by molar-refractivity contribution is 8.00. The minimum Gasteiger partial charge on any atom is -0.380 e. The second-order valence-corrected chi connectivity index (χ2v) is 5.63. The van der Waals surface area contributed by atoms with Crippen molar-refractivity contribution in [2.24, 2.45) is 0 Å². The molecular formula is C11H13ClFNS. The first kappa shape index (κ1) is 11.1. The maximum Gasteiger partial charge on any atom is 0.124 e. The topological polar surface area (TPSA) is 12.0 Å². The lowest BCUT2D eigenvalue weighted by Crippen LogP contribution is -2.24. The molecule has 2 rings (SSSR count). The van der Waals surface area contributed by atoms with Crippen LogP contribution >= 0.6 is 23.4 Å². The molecule has 82 valence electrons. The van der Waals surface area contributed by atoms with Gasteiger partial charge in [0.2, 0.25) is 0 Å². The smallest absolute Gasteiger partial charge is 0.124 e. The number of thioether (sulfide) groups is 1. The summed E-state index contributed by atoms with van der Waals surface area (Å²) in [6, 6.07) is 4.92. The molecular weight excluding hydrogens is 233 g/mol. The summed E-state index contributed by atoms with van der Waals surface area (Å²) in [4.78, 5) is 0. The molecule has 0 saturated carbocycles. The second-order valence-electron chi connectivity index (χ2n) is 3.74. The molecule has 2 unspecified atom stereocenters. The van der Waals surface area contributed by atoms with Gasteiger partial charge in [-0.05, 0) is 30.4 Å². The quantitative estimate of drug-likeness (QED) is 0.851. The van der Waals surface area contributed by atoms with E-state index in [4.69, 9.17) is 11.6 Å². The molecule has 1 aromatic rings. The highest BCUT2D eigenvalue weighted by Gasteiger charge is 2.24. The predicted octanol–water partition coefficient (Wildman–Crippen LogP) is 3.79. The van der Waals surface area contributed by atoms with Crippen molar-refractivity contribution >= 4 is 29.1 Å². The standard InChI is InChI=1S/C11H13ClFNS/c1-7-10(4-5-15-7)14-11-3-2-8(13)6-9(11)12/h2-3,6-7,10,14H,4-5H2,1H3. The van der Waals surface area contributed by atoms with Crippen LogP contribution in [0, 0.1) is 5.82 Å². The summed E-state index contributed by atoms with van der Waals surface area (Å²) in [5.41, 5.74) is 0.831. The number of halogens is 2. The van der Waals surface area contributed by atoms with Gasteiger partial charge in [-0.1, -0.05) is 18.5 Å². The highest BCUT2D eigenvalue weighted by Crippen LogP contribution is 2.31. The van der Waals surface area contributed by atoms with Gasteiger partial charge in [0.25, 0.3) is 0 Å². The fraction of sp³-hybridized carbons (Fsp3) is 0.455. The van der Waals surface area contributed by atoms with Gasteiger partial charge >= 0.3 is 0 Å². The molecule has 1 N–H and O–H groups in total. The SMILES string of the molecule is CC1SCCC1Nc1ccc(F)cc1Cl. The monoisotopic (exact) mass is 245 g/mol. The van der Waals surface area contributed by atoms with Crippen LogP contribution < -0.4 is 5.32 Å². The van der Waals surface area contributed by atoms with E-state index in [1.54, 1.807) is 6.07 Å². The lowest BCUT2D eigenvalue weighted by molar-refractivity contribution is 0.627. The summed E-state index contributed by atoms with van der Waals surface area (Å²) in [7, 11) is 0. The van der Waals surface area contributed by atoms with Gasteiger partial charge in [-0.15, -0.1) is 0 Å². The number of nitrogens with one attached hydrogen (secondary N) is 1. The minimum atomic E-state index is -0.292. The Balaban J connectivity index is 2.10. The third-order valence-electron chi connectivity index (χ3n) is 2.65. The van der Waals surface area contributed by atoms with Crippen LogP contribution in [0.3, 0.4) is 0 Å². The molecule has 15 heavy (non-hydrogen) atoms.